The highest BCUT2D eigenvalue weighted by atomic mass is 16.3. The number of aliphatic hydroxyl groups excluding tert-OH is 1. The molecule has 1 fully saturated rings. The maximum Gasteiger partial charge on any atom is 0.274 e. The van der Waals surface area contributed by atoms with E-state index < -0.39 is 6.10 Å². The van der Waals surface area contributed by atoms with Crippen molar-refractivity contribution in [2.75, 3.05) is 27.2 Å². The smallest absolute Gasteiger partial charge is 0.274 e. The molecule has 0 bridgehead atoms. The van der Waals surface area contributed by atoms with Crippen molar-refractivity contribution in [3.05, 3.63) is 24.3 Å². The second-order valence-corrected chi connectivity index (χ2v) is 4.85. The SMILES string of the molecule is CN(C)CC1CC(O)CN1C(=O)c1cnccn1. The van der Waals surface area contributed by atoms with Crippen LogP contribution in [0, 0.1) is 0 Å². The van der Waals surface area contributed by atoms with Crippen LogP contribution in [0.15, 0.2) is 18.6 Å². The third-order valence-electron chi connectivity index (χ3n) is 3.01. The van der Waals surface area contributed by atoms with E-state index in [-0.39, 0.29) is 11.9 Å². The first kappa shape index (κ1) is 12.9. The highest BCUT2D eigenvalue weighted by Crippen LogP contribution is 2.20. The van der Waals surface area contributed by atoms with Gasteiger partial charge in [0.2, 0.25) is 0 Å². The highest BCUT2D eigenvalue weighted by molar-refractivity contribution is 5.92. The topological polar surface area (TPSA) is 69.6 Å². The average Bonchev–Trinajstić information content (AvgIpc) is 2.69. The summed E-state index contributed by atoms with van der Waals surface area (Å²) >= 11 is 0. The van der Waals surface area contributed by atoms with Crippen LogP contribution in [-0.2, 0) is 0 Å². The molecule has 1 N–H and O–H groups in total. The average molecular weight is 250 g/mol. The number of β-amino-alcohol motifs (C(OH)–C–C–N with tert-alkyl or cyclic N) is 1. The monoisotopic (exact) mass is 250 g/mol. The second kappa shape index (κ2) is 5.41. The lowest BCUT2D eigenvalue weighted by molar-refractivity contribution is 0.0692. The van der Waals surface area contributed by atoms with Crippen molar-refractivity contribution >= 4 is 5.91 Å². The lowest BCUT2D eigenvalue weighted by Crippen LogP contribution is -2.41. The number of likely N-dealkylation sites (tertiary alicyclic amines) is 1. The molecule has 6 nitrogen and oxygen atoms in total. The number of hydrogen-bond donors (Lipinski definition) is 1. The molecule has 2 unspecified atom stereocenters. The number of rotatable bonds is 3. The first-order valence-electron chi connectivity index (χ1n) is 5.97. The van der Waals surface area contributed by atoms with Crippen molar-refractivity contribution in [3.8, 4) is 0 Å². The normalized spacial score (nSPS) is 23.7. The van der Waals surface area contributed by atoms with Crippen molar-refractivity contribution in [1.82, 2.24) is 19.8 Å². The number of amides is 1. The summed E-state index contributed by atoms with van der Waals surface area (Å²) in [6.07, 6.45) is 4.66. The van der Waals surface area contributed by atoms with Crippen LogP contribution in [0.5, 0.6) is 0 Å². The molecule has 1 amide bonds. The van der Waals surface area contributed by atoms with Gasteiger partial charge in [0.15, 0.2) is 0 Å². The van der Waals surface area contributed by atoms with Crippen LogP contribution in [0.3, 0.4) is 0 Å². The van der Waals surface area contributed by atoms with E-state index in [1.807, 2.05) is 19.0 Å². The molecule has 0 radical (unpaired) electrons. The van der Waals surface area contributed by atoms with Crippen LogP contribution < -0.4 is 0 Å². The van der Waals surface area contributed by atoms with E-state index in [0.717, 1.165) is 6.54 Å². The Kier molecular flexibility index (Phi) is 3.88. The molecule has 1 aromatic heterocycles. The molecule has 6 heteroatoms. The van der Waals surface area contributed by atoms with Gasteiger partial charge in [-0.1, -0.05) is 0 Å². The number of carbonyl (C=O) groups excluding carboxylic acids is 1. The molecule has 1 aliphatic rings. The largest absolute Gasteiger partial charge is 0.391 e. The zero-order valence-electron chi connectivity index (χ0n) is 10.7. The Balaban J connectivity index is 2.13. The first-order valence-corrected chi connectivity index (χ1v) is 5.97. The molecule has 1 aliphatic heterocycles. The second-order valence-electron chi connectivity index (χ2n) is 4.85. The standard InChI is InChI=1S/C12H18N4O2/c1-15(2)7-9-5-10(17)8-16(9)12(18)11-6-13-3-4-14-11/h3-4,6,9-10,17H,5,7-8H2,1-2H3. The van der Waals surface area contributed by atoms with E-state index in [0.29, 0.717) is 18.7 Å². The molecular formula is C12H18N4O2. The quantitative estimate of drug-likeness (QED) is 0.791. The summed E-state index contributed by atoms with van der Waals surface area (Å²) in [6.45, 7) is 1.11. The van der Waals surface area contributed by atoms with Gasteiger partial charge in [0.05, 0.1) is 12.3 Å². The molecule has 2 rings (SSSR count). The fourth-order valence-electron chi connectivity index (χ4n) is 2.29. The van der Waals surface area contributed by atoms with Crippen LogP contribution in [0.1, 0.15) is 16.9 Å². The Morgan fingerprint density at radius 1 is 1.56 bits per heavy atom. The van der Waals surface area contributed by atoms with Gasteiger partial charge in [0.25, 0.3) is 5.91 Å². The van der Waals surface area contributed by atoms with E-state index in [1.54, 1.807) is 4.90 Å². The van der Waals surface area contributed by atoms with Crippen LogP contribution in [0.25, 0.3) is 0 Å². The fraction of sp³-hybridized carbons (Fsp3) is 0.583. The number of aliphatic hydroxyl groups is 1. The van der Waals surface area contributed by atoms with E-state index in [2.05, 4.69) is 9.97 Å². The van der Waals surface area contributed by atoms with Gasteiger partial charge in [-0.2, -0.15) is 0 Å². The minimum atomic E-state index is -0.449. The number of carbonyl (C=O) groups is 1. The summed E-state index contributed by atoms with van der Waals surface area (Å²) < 4.78 is 0. The third kappa shape index (κ3) is 2.83. The Bertz CT molecular complexity index is 410. The molecule has 0 aromatic carbocycles. The predicted octanol–water partition coefficient (Wildman–Crippen LogP) is -0.386. The van der Waals surface area contributed by atoms with Gasteiger partial charge in [-0.3, -0.25) is 9.78 Å². The molecule has 98 valence electrons. The highest BCUT2D eigenvalue weighted by Gasteiger charge is 2.35. The number of hydrogen-bond acceptors (Lipinski definition) is 5. The zero-order valence-corrected chi connectivity index (χ0v) is 10.7. The Morgan fingerprint density at radius 3 is 2.94 bits per heavy atom. The molecule has 2 atom stereocenters. The first-order chi connectivity index (χ1) is 8.58. The minimum absolute atomic E-state index is 0.0320. The molecule has 0 aliphatic carbocycles. The van der Waals surface area contributed by atoms with Crippen LogP contribution in [-0.4, -0.2) is 70.1 Å². The third-order valence-corrected chi connectivity index (χ3v) is 3.01. The van der Waals surface area contributed by atoms with Gasteiger partial charge in [-0.25, -0.2) is 4.98 Å². The van der Waals surface area contributed by atoms with Gasteiger partial charge in [0, 0.05) is 31.5 Å². The predicted molar refractivity (Wildman–Crippen MR) is 66.0 cm³/mol. The molecule has 0 saturated carbocycles. The van der Waals surface area contributed by atoms with Crippen molar-refractivity contribution in [2.24, 2.45) is 0 Å². The Hall–Kier alpha value is -1.53. The van der Waals surface area contributed by atoms with E-state index in [1.165, 1.54) is 18.6 Å². The molecule has 1 aromatic rings. The van der Waals surface area contributed by atoms with E-state index in [9.17, 15) is 9.90 Å². The van der Waals surface area contributed by atoms with Crippen molar-refractivity contribution < 1.29 is 9.90 Å². The zero-order chi connectivity index (χ0) is 13.1. The minimum Gasteiger partial charge on any atom is -0.391 e. The number of nitrogens with zero attached hydrogens (tertiary/aromatic N) is 4. The maximum absolute atomic E-state index is 12.3. The summed E-state index contributed by atoms with van der Waals surface area (Å²) in [4.78, 5) is 23.9. The van der Waals surface area contributed by atoms with E-state index >= 15 is 0 Å². The Morgan fingerprint density at radius 2 is 2.33 bits per heavy atom. The summed E-state index contributed by atoms with van der Waals surface area (Å²) in [5.41, 5.74) is 0.329. The van der Waals surface area contributed by atoms with Crippen molar-refractivity contribution in [3.63, 3.8) is 0 Å². The van der Waals surface area contributed by atoms with E-state index in [4.69, 9.17) is 0 Å². The van der Waals surface area contributed by atoms with Gasteiger partial charge in [-0.05, 0) is 20.5 Å². The summed E-state index contributed by atoms with van der Waals surface area (Å²) in [5.74, 6) is -0.161. The Labute approximate surface area is 106 Å². The van der Waals surface area contributed by atoms with Crippen LogP contribution in [0.4, 0.5) is 0 Å². The van der Waals surface area contributed by atoms with Crippen molar-refractivity contribution in [2.45, 2.75) is 18.6 Å². The summed E-state index contributed by atoms with van der Waals surface area (Å²) in [6, 6.07) is 0.0320. The lowest BCUT2D eigenvalue weighted by Gasteiger charge is -2.26. The molecule has 0 spiro atoms. The molecular weight excluding hydrogens is 232 g/mol. The van der Waals surface area contributed by atoms with Gasteiger partial charge < -0.3 is 14.9 Å². The molecule has 1 saturated heterocycles. The summed E-state index contributed by atoms with van der Waals surface area (Å²) in [5, 5.41) is 9.73. The molecule has 18 heavy (non-hydrogen) atoms. The van der Waals surface area contributed by atoms with Gasteiger partial charge >= 0.3 is 0 Å². The lowest BCUT2D eigenvalue weighted by atomic mass is 10.2. The molecule has 2 heterocycles. The van der Waals surface area contributed by atoms with Gasteiger partial charge in [-0.15, -0.1) is 0 Å². The maximum atomic E-state index is 12.3. The van der Waals surface area contributed by atoms with Crippen LogP contribution in [0.2, 0.25) is 0 Å². The fourth-order valence-corrected chi connectivity index (χ4v) is 2.29. The van der Waals surface area contributed by atoms with Crippen LogP contribution >= 0.6 is 0 Å². The number of likely N-dealkylation sites (N-methyl/N-ethyl adjacent to an activating group) is 1. The number of aromatic nitrogens is 2. The van der Waals surface area contributed by atoms with Gasteiger partial charge in [0.1, 0.15) is 5.69 Å². The van der Waals surface area contributed by atoms with Crippen molar-refractivity contribution in [1.29, 1.82) is 0 Å². The summed E-state index contributed by atoms with van der Waals surface area (Å²) in [7, 11) is 3.91.